The number of rotatable bonds is 7. The van der Waals surface area contributed by atoms with Crippen molar-refractivity contribution in [3.05, 3.63) is 53.2 Å². The molecule has 0 aliphatic heterocycles. The summed E-state index contributed by atoms with van der Waals surface area (Å²) in [5, 5.41) is 0. The van der Waals surface area contributed by atoms with Crippen molar-refractivity contribution in [3.8, 4) is 5.75 Å². The average molecular weight is 334 g/mol. The molecule has 1 amide bonds. The second-order valence-corrected chi connectivity index (χ2v) is 5.90. The summed E-state index contributed by atoms with van der Waals surface area (Å²) in [6, 6.07) is 8.54. The molecule has 1 aromatic heterocycles. The van der Waals surface area contributed by atoms with E-state index in [0.717, 1.165) is 17.1 Å². The fraction of sp³-hybridized carbons (Fsp3) is 0.389. The highest BCUT2D eigenvalue weighted by Crippen LogP contribution is 2.18. The Hall–Kier alpha value is -2.34. The van der Waals surface area contributed by atoms with Gasteiger partial charge in [0.2, 0.25) is 5.91 Å². The Morgan fingerprint density at radius 2 is 1.96 bits per heavy atom. The number of carbonyl (C=O) groups is 1. The molecule has 1 aromatic carbocycles. The predicted octanol–water partition coefficient (Wildman–Crippen LogP) is 2.83. The number of ether oxygens (including phenoxy) is 1. The molecule has 130 valence electrons. The van der Waals surface area contributed by atoms with Crippen LogP contribution in [0.1, 0.15) is 17.1 Å². The maximum Gasteiger partial charge on any atom is 0.236 e. The molecule has 5 nitrogen and oxygen atoms in total. The third kappa shape index (κ3) is 4.83. The molecule has 0 aliphatic rings. The van der Waals surface area contributed by atoms with Crippen LogP contribution in [0.5, 0.6) is 5.75 Å². The molecule has 0 radical (unpaired) electrons. The number of aryl methyl sites for hydroxylation is 1. The zero-order chi connectivity index (χ0) is 17.7. The first-order chi connectivity index (χ1) is 11.4. The van der Waals surface area contributed by atoms with E-state index in [0.29, 0.717) is 13.1 Å². The van der Waals surface area contributed by atoms with Crippen LogP contribution in [0.25, 0.3) is 0 Å². The summed E-state index contributed by atoms with van der Waals surface area (Å²) in [7, 11) is 4.99. The van der Waals surface area contributed by atoms with Crippen molar-refractivity contribution in [2.24, 2.45) is 0 Å². The third-order valence-electron chi connectivity index (χ3n) is 3.69. The van der Waals surface area contributed by atoms with Gasteiger partial charge in [0.05, 0.1) is 20.2 Å². The van der Waals surface area contributed by atoms with E-state index in [1.54, 1.807) is 24.1 Å². The molecule has 6 heteroatoms. The number of hydrogen-bond acceptors (Lipinski definition) is 4. The lowest BCUT2D eigenvalue weighted by Gasteiger charge is -2.21. The first-order valence-corrected chi connectivity index (χ1v) is 7.69. The van der Waals surface area contributed by atoms with E-state index in [4.69, 9.17) is 9.15 Å². The molecule has 1 heterocycles. The summed E-state index contributed by atoms with van der Waals surface area (Å²) in [6.45, 7) is 3.01. The number of carbonyl (C=O) groups excluding carboxylic acids is 1. The topological polar surface area (TPSA) is 45.9 Å². The fourth-order valence-electron chi connectivity index (χ4n) is 2.42. The van der Waals surface area contributed by atoms with E-state index in [1.807, 2.05) is 31.0 Å². The SMILES string of the molecule is COc1ccc(CN(C)CC(=O)N(C)Cc2ccc(C)o2)cc1F. The molecule has 0 spiro atoms. The molecule has 2 aromatic rings. The molecule has 0 bridgehead atoms. The Morgan fingerprint density at radius 3 is 2.54 bits per heavy atom. The molecule has 0 atom stereocenters. The summed E-state index contributed by atoms with van der Waals surface area (Å²) in [5.41, 5.74) is 0.785. The van der Waals surface area contributed by atoms with Crippen molar-refractivity contribution in [3.63, 3.8) is 0 Å². The van der Waals surface area contributed by atoms with Gasteiger partial charge in [0, 0.05) is 13.6 Å². The van der Waals surface area contributed by atoms with Crippen LogP contribution in [-0.4, -0.2) is 43.5 Å². The maximum absolute atomic E-state index is 13.7. The van der Waals surface area contributed by atoms with Crippen molar-refractivity contribution in [1.82, 2.24) is 9.80 Å². The van der Waals surface area contributed by atoms with Gasteiger partial charge in [-0.1, -0.05) is 6.07 Å². The van der Waals surface area contributed by atoms with E-state index in [9.17, 15) is 9.18 Å². The van der Waals surface area contributed by atoms with Gasteiger partial charge in [0.1, 0.15) is 11.5 Å². The van der Waals surface area contributed by atoms with Crippen LogP contribution in [0.4, 0.5) is 4.39 Å². The van der Waals surface area contributed by atoms with Gasteiger partial charge in [-0.3, -0.25) is 9.69 Å². The predicted molar refractivity (Wildman–Crippen MR) is 89.2 cm³/mol. The number of nitrogens with zero attached hydrogens (tertiary/aromatic N) is 2. The Kier molecular flexibility index (Phi) is 5.98. The summed E-state index contributed by atoms with van der Waals surface area (Å²) in [6.07, 6.45) is 0. The molecule has 0 saturated carbocycles. The third-order valence-corrected chi connectivity index (χ3v) is 3.69. The number of halogens is 1. The second-order valence-electron chi connectivity index (χ2n) is 5.90. The van der Waals surface area contributed by atoms with Gasteiger partial charge in [-0.05, 0) is 43.8 Å². The summed E-state index contributed by atoms with van der Waals surface area (Å²) < 4.78 is 24.1. The lowest BCUT2D eigenvalue weighted by atomic mass is 10.2. The molecule has 0 N–H and O–H groups in total. The average Bonchev–Trinajstić information content (AvgIpc) is 2.92. The minimum Gasteiger partial charge on any atom is -0.494 e. The number of methoxy groups -OCH3 is 1. The Labute approximate surface area is 141 Å². The van der Waals surface area contributed by atoms with Gasteiger partial charge < -0.3 is 14.1 Å². The summed E-state index contributed by atoms with van der Waals surface area (Å²) in [4.78, 5) is 15.7. The van der Waals surface area contributed by atoms with Crippen molar-refractivity contribution in [2.75, 3.05) is 27.7 Å². The molecule has 0 unspecified atom stereocenters. The molecule has 24 heavy (non-hydrogen) atoms. The van der Waals surface area contributed by atoms with E-state index >= 15 is 0 Å². The Bertz CT molecular complexity index is 699. The van der Waals surface area contributed by atoms with Crippen molar-refractivity contribution in [1.29, 1.82) is 0 Å². The van der Waals surface area contributed by atoms with Crippen LogP contribution in [0, 0.1) is 12.7 Å². The minimum absolute atomic E-state index is 0.0273. The Morgan fingerprint density at radius 1 is 1.21 bits per heavy atom. The van der Waals surface area contributed by atoms with E-state index in [2.05, 4.69) is 0 Å². The standard InChI is InChI=1S/C18H23FN2O3/c1-13-5-7-15(24-13)11-21(3)18(22)12-20(2)10-14-6-8-17(23-4)16(19)9-14/h5-9H,10-12H2,1-4H3. The highest BCUT2D eigenvalue weighted by molar-refractivity contribution is 5.77. The molecule has 0 aliphatic carbocycles. The normalized spacial score (nSPS) is 10.9. The number of benzene rings is 1. The largest absolute Gasteiger partial charge is 0.494 e. The Balaban J connectivity index is 1.87. The van der Waals surface area contributed by atoms with Gasteiger partial charge in [0.25, 0.3) is 0 Å². The van der Waals surface area contributed by atoms with Crippen LogP contribution in [-0.2, 0) is 17.9 Å². The second kappa shape index (κ2) is 7.97. The van der Waals surface area contributed by atoms with Gasteiger partial charge >= 0.3 is 0 Å². The van der Waals surface area contributed by atoms with Gasteiger partial charge in [-0.15, -0.1) is 0 Å². The summed E-state index contributed by atoms with van der Waals surface area (Å²) in [5.74, 6) is 1.36. The van der Waals surface area contributed by atoms with Gasteiger partial charge in [-0.25, -0.2) is 4.39 Å². The quantitative estimate of drug-likeness (QED) is 0.781. The first-order valence-electron chi connectivity index (χ1n) is 7.69. The highest BCUT2D eigenvalue weighted by Gasteiger charge is 2.14. The lowest BCUT2D eigenvalue weighted by molar-refractivity contribution is -0.131. The zero-order valence-electron chi connectivity index (χ0n) is 14.5. The van der Waals surface area contributed by atoms with Crippen molar-refractivity contribution >= 4 is 5.91 Å². The summed E-state index contributed by atoms with van der Waals surface area (Å²) >= 11 is 0. The highest BCUT2D eigenvalue weighted by atomic mass is 19.1. The number of likely N-dealkylation sites (N-methyl/N-ethyl adjacent to an activating group) is 2. The first kappa shape index (κ1) is 18.0. The molecular weight excluding hydrogens is 311 g/mol. The lowest BCUT2D eigenvalue weighted by Crippen LogP contribution is -2.36. The monoisotopic (exact) mass is 334 g/mol. The van der Waals surface area contributed by atoms with E-state index in [-0.39, 0.29) is 18.2 Å². The van der Waals surface area contributed by atoms with Crippen molar-refractivity contribution in [2.45, 2.75) is 20.0 Å². The molecule has 2 rings (SSSR count). The zero-order valence-corrected chi connectivity index (χ0v) is 14.5. The molecule has 0 fully saturated rings. The van der Waals surface area contributed by atoms with Gasteiger partial charge in [0.15, 0.2) is 11.6 Å². The van der Waals surface area contributed by atoms with Crippen LogP contribution >= 0.6 is 0 Å². The molecule has 0 saturated heterocycles. The number of hydrogen-bond donors (Lipinski definition) is 0. The van der Waals surface area contributed by atoms with Crippen molar-refractivity contribution < 1.29 is 18.3 Å². The van der Waals surface area contributed by atoms with Crippen LogP contribution in [0.2, 0.25) is 0 Å². The van der Waals surface area contributed by atoms with E-state index < -0.39 is 5.82 Å². The smallest absolute Gasteiger partial charge is 0.236 e. The fourth-order valence-corrected chi connectivity index (χ4v) is 2.42. The van der Waals surface area contributed by atoms with E-state index in [1.165, 1.54) is 13.2 Å². The maximum atomic E-state index is 13.7. The van der Waals surface area contributed by atoms with Crippen LogP contribution < -0.4 is 4.74 Å². The number of amides is 1. The van der Waals surface area contributed by atoms with Gasteiger partial charge in [-0.2, -0.15) is 0 Å². The van der Waals surface area contributed by atoms with Crippen LogP contribution in [0.3, 0.4) is 0 Å². The minimum atomic E-state index is -0.403. The van der Waals surface area contributed by atoms with Crippen LogP contribution in [0.15, 0.2) is 34.7 Å². The molecular formula is C18H23FN2O3. The number of furan rings is 1.